The van der Waals surface area contributed by atoms with Crippen molar-refractivity contribution in [2.75, 3.05) is 32.5 Å². The second kappa shape index (κ2) is 5.81. The maximum Gasteiger partial charge on any atom is 0.236 e. The number of nitrogens with zero attached hydrogens (tertiary/aromatic N) is 4. The maximum absolute atomic E-state index is 4.81. The number of imidazole rings is 1. The largest absolute Gasteiger partial charge is 0.371 e. The Morgan fingerprint density at radius 2 is 2.04 bits per heavy atom. The molecule has 5 heteroatoms. The van der Waals surface area contributed by atoms with Crippen LogP contribution >= 0.6 is 0 Å². The van der Waals surface area contributed by atoms with Crippen LogP contribution in [0, 0.1) is 0 Å². The highest BCUT2D eigenvalue weighted by molar-refractivity contribution is 5.82. The first kappa shape index (κ1) is 14.5. The highest BCUT2D eigenvalue weighted by atomic mass is 15.2. The van der Waals surface area contributed by atoms with E-state index in [1.807, 2.05) is 6.07 Å². The third kappa shape index (κ3) is 2.55. The summed E-state index contributed by atoms with van der Waals surface area (Å²) in [5, 5.41) is 3.68. The molecule has 0 spiro atoms. The third-order valence-corrected chi connectivity index (χ3v) is 4.55. The number of aromatic nitrogens is 3. The molecule has 0 fully saturated rings. The third-order valence-electron chi connectivity index (χ3n) is 4.55. The van der Waals surface area contributed by atoms with Crippen molar-refractivity contribution < 1.29 is 0 Å². The highest BCUT2D eigenvalue weighted by Crippen LogP contribution is 2.31. The van der Waals surface area contributed by atoms with Gasteiger partial charge in [0.15, 0.2) is 0 Å². The molecule has 0 aliphatic heterocycles. The summed E-state index contributed by atoms with van der Waals surface area (Å²) in [4.78, 5) is 11.8. The van der Waals surface area contributed by atoms with Gasteiger partial charge in [0, 0.05) is 12.1 Å². The van der Waals surface area contributed by atoms with Gasteiger partial charge in [-0.3, -0.25) is 4.40 Å². The van der Waals surface area contributed by atoms with Gasteiger partial charge in [0.05, 0.1) is 16.7 Å². The molecule has 0 unspecified atom stereocenters. The topological polar surface area (TPSA) is 45.5 Å². The quantitative estimate of drug-likeness (QED) is 0.736. The zero-order valence-corrected chi connectivity index (χ0v) is 13.8. The summed E-state index contributed by atoms with van der Waals surface area (Å²) in [5.41, 5.74) is 4.76. The van der Waals surface area contributed by atoms with E-state index < -0.39 is 0 Å². The van der Waals surface area contributed by atoms with Gasteiger partial charge in [0.1, 0.15) is 5.82 Å². The summed E-state index contributed by atoms with van der Waals surface area (Å²) in [6, 6.07) is 8.29. The molecular weight excluding hydrogens is 286 g/mol. The standard InChI is InChI=1S/C18H23N5/c1-22(2)12-6-11-19-17-13-7-5-9-14(13)20-18-21-15-8-3-4-10-16(15)23(17)18/h3-4,8,10,19H,5-7,9,11-12H2,1-2H3. The number of aryl methyl sites for hydroxylation is 1. The number of anilines is 1. The normalized spacial score (nSPS) is 14.0. The first-order valence-corrected chi connectivity index (χ1v) is 8.41. The van der Waals surface area contributed by atoms with Crippen LogP contribution in [0.15, 0.2) is 24.3 Å². The molecular formula is C18H23N5. The highest BCUT2D eigenvalue weighted by Gasteiger charge is 2.21. The Bertz CT molecular complexity index is 849. The maximum atomic E-state index is 4.81. The summed E-state index contributed by atoms with van der Waals surface area (Å²) in [6.07, 6.45) is 4.50. The molecule has 0 saturated heterocycles. The Balaban J connectivity index is 1.79. The van der Waals surface area contributed by atoms with Crippen molar-refractivity contribution in [3.8, 4) is 0 Å². The van der Waals surface area contributed by atoms with E-state index in [2.05, 4.69) is 46.9 Å². The first-order chi connectivity index (χ1) is 11.2. The van der Waals surface area contributed by atoms with Gasteiger partial charge in [-0.1, -0.05) is 12.1 Å². The number of fused-ring (bicyclic) bond motifs is 4. The van der Waals surface area contributed by atoms with E-state index in [1.54, 1.807) is 0 Å². The molecule has 0 bridgehead atoms. The van der Waals surface area contributed by atoms with Crippen LogP contribution in [0.3, 0.4) is 0 Å². The van der Waals surface area contributed by atoms with E-state index in [0.717, 1.165) is 49.2 Å². The van der Waals surface area contributed by atoms with Crippen LogP contribution in [0.25, 0.3) is 16.8 Å². The molecule has 23 heavy (non-hydrogen) atoms. The van der Waals surface area contributed by atoms with Gasteiger partial charge >= 0.3 is 0 Å². The smallest absolute Gasteiger partial charge is 0.236 e. The molecule has 4 rings (SSSR count). The molecule has 5 nitrogen and oxygen atoms in total. The van der Waals surface area contributed by atoms with E-state index in [4.69, 9.17) is 9.97 Å². The average molecular weight is 309 g/mol. The zero-order valence-electron chi connectivity index (χ0n) is 13.8. The Morgan fingerprint density at radius 1 is 1.17 bits per heavy atom. The molecule has 0 radical (unpaired) electrons. The van der Waals surface area contributed by atoms with Crippen LogP contribution in [-0.4, -0.2) is 46.5 Å². The van der Waals surface area contributed by atoms with Crippen LogP contribution in [0.1, 0.15) is 24.1 Å². The van der Waals surface area contributed by atoms with Gasteiger partial charge in [0.2, 0.25) is 5.78 Å². The van der Waals surface area contributed by atoms with Crippen molar-refractivity contribution in [2.24, 2.45) is 0 Å². The molecule has 1 aliphatic rings. The molecule has 120 valence electrons. The summed E-state index contributed by atoms with van der Waals surface area (Å²) in [6.45, 7) is 2.06. The average Bonchev–Trinajstić information content (AvgIpc) is 3.13. The minimum Gasteiger partial charge on any atom is -0.371 e. The zero-order chi connectivity index (χ0) is 15.8. The number of hydrogen-bond donors (Lipinski definition) is 1. The molecule has 0 saturated carbocycles. The first-order valence-electron chi connectivity index (χ1n) is 8.41. The number of benzene rings is 1. The number of rotatable bonds is 5. The summed E-state index contributed by atoms with van der Waals surface area (Å²) in [5.74, 6) is 2.02. The number of hydrogen-bond acceptors (Lipinski definition) is 4. The minimum atomic E-state index is 0.821. The Kier molecular flexibility index (Phi) is 3.65. The lowest BCUT2D eigenvalue weighted by Crippen LogP contribution is -2.18. The van der Waals surface area contributed by atoms with Crippen molar-refractivity contribution in [3.05, 3.63) is 35.5 Å². The van der Waals surface area contributed by atoms with Crippen molar-refractivity contribution in [1.82, 2.24) is 19.3 Å². The monoisotopic (exact) mass is 309 g/mol. The predicted molar refractivity (Wildman–Crippen MR) is 94.2 cm³/mol. The summed E-state index contributed by atoms with van der Waals surface area (Å²) < 4.78 is 2.20. The van der Waals surface area contributed by atoms with E-state index in [9.17, 15) is 0 Å². The Labute approximate surface area is 136 Å². The lowest BCUT2D eigenvalue weighted by atomic mass is 10.2. The molecule has 3 aromatic rings. The van der Waals surface area contributed by atoms with Crippen LogP contribution in [0.2, 0.25) is 0 Å². The fourth-order valence-electron chi connectivity index (χ4n) is 3.46. The van der Waals surface area contributed by atoms with E-state index in [0.29, 0.717) is 0 Å². The fraction of sp³-hybridized carbons (Fsp3) is 0.444. The molecule has 0 atom stereocenters. The summed E-state index contributed by atoms with van der Waals surface area (Å²) in [7, 11) is 4.23. The number of para-hydroxylation sites is 2. The van der Waals surface area contributed by atoms with Gasteiger partial charge in [-0.2, -0.15) is 0 Å². The van der Waals surface area contributed by atoms with Crippen LogP contribution < -0.4 is 5.32 Å². The van der Waals surface area contributed by atoms with Crippen LogP contribution in [-0.2, 0) is 12.8 Å². The molecule has 2 aromatic heterocycles. The van der Waals surface area contributed by atoms with Gasteiger partial charge in [-0.15, -0.1) is 0 Å². The lowest BCUT2D eigenvalue weighted by Gasteiger charge is -2.15. The predicted octanol–water partition coefficient (Wildman–Crippen LogP) is 2.73. The van der Waals surface area contributed by atoms with Crippen molar-refractivity contribution >= 4 is 22.6 Å². The van der Waals surface area contributed by atoms with Gasteiger partial charge in [-0.25, -0.2) is 9.97 Å². The molecule has 0 amide bonds. The second-order valence-corrected chi connectivity index (χ2v) is 6.56. The van der Waals surface area contributed by atoms with Crippen LogP contribution in [0.4, 0.5) is 5.82 Å². The Hall–Kier alpha value is -2.14. The SMILES string of the molecule is CN(C)CCCNc1c2c(nc3nc4ccccc4n13)CCC2. The fourth-order valence-corrected chi connectivity index (χ4v) is 3.46. The molecule has 1 aromatic carbocycles. The Morgan fingerprint density at radius 3 is 2.91 bits per heavy atom. The summed E-state index contributed by atoms with van der Waals surface area (Å²) >= 11 is 0. The van der Waals surface area contributed by atoms with Gasteiger partial charge in [0.25, 0.3) is 0 Å². The van der Waals surface area contributed by atoms with Crippen molar-refractivity contribution in [1.29, 1.82) is 0 Å². The van der Waals surface area contributed by atoms with E-state index >= 15 is 0 Å². The number of nitrogens with one attached hydrogen (secondary N) is 1. The van der Waals surface area contributed by atoms with Gasteiger partial charge < -0.3 is 10.2 Å². The second-order valence-electron chi connectivity index (χ2n) is 6.56. The van der Waals surface area contributed by atoms with Crippen molar-refractivity contribution in [3.63, 3.8) is 0 Å². The lowest BCUT2D eigenvalue weighted by molar-refractivity contribution is 0.405. The van der Waals surface area contributed by atoms with Crippen LogP contribution in [0.5, 0.6) is 0 Å². The molecule has 1 N–H and O–H groups in total. The van der Waals surface area contributed by atoms with Crippen molar-refractivity contribution in [2.45, 2.75) is 25.7 Å². The van der Waals surface area contributed by atoms with E-state index in [1.165, 1.54) is 23.5 Å². The minimum absolute atomic E-state index is 0.821. The molecule has 2 heterocycles. The molecule has 1 aliphatic carbocycles. The van der Waals surface area contributed by atoms with Gasteiger partial charge in [-0.05, 0) is 58.5 Å². The van der Waals surface area contributed by atoms with E-state index in [-0.39, 0.29) is 0 Å².